The number of rotatable bonds is 5. The Balaban J connectivity index is 1.33. The quantitative estimate of drug-likeness (QED) is 0.666. The molecule has 0 spiro atoms. The SMILES string of the molecule is COc1ccc(C2OCC3OC(Oc4ccc5c(c4)OC(C)(C)C5)C(NC(C)=O)C(O)C3O2)cc1. The summed E-state index contributed by atoms with van der Waals surface area (Å²) in [6.45, 7) is 5.63. The molecule has 0 aliphatic carbocycles. The van der Waals surface area contributed by atoms with E-state index >= 15 is 0 Å². The van der Waals surface area contributed by atoms with Gasteiger partial charge in [-0.15, -0.1) is 0 Å². The van der Waals surface area contributed by atoms with Gasteiger partial charge in [-0.1, -0.05) is 18.2 Å². The van der Waals surface area contributed by atoms with Gasteiger partial charge in [0.25, 0.3) is 0 Å². The van der Waals surface area contributed by atoms with E-state index in [4.69, 9.17) is 28.4 Å². The van der Waals surface area contributed by atoms with Gasteiger partial charge >= 0.3 is 0 Å². The van der Waals surface area contributed by atoms with Crippen molar-refractivity contribution in [3.63, 3.8) is 0 Å². The molecule has 0 bridgehead atoms. The van der Waals surface area contributed by atoms with Crippen LogP contribution in [-0.4, -0.2) is 61.0 Å². The summed E-state index contributed by atoms with van der Waals surface area (Å²) in [4.78, 5) is 12.0. The van der Waals surface area contributed by atoms with Crippen LogP contribution >= 0.6 is 0 Å². The minimum absolute atomic E-state index is 0.187. The Hall–Kier alpha value is -2.85. The smallest absolute Gasteiger partial charge is 0.223 e. The maximum atomic E-state index is 12.0. The number of carbonyl (C=O) groups is 1. The number of carbonyl (C=O) groups excluding carboxylic acids is 1. The van der Waals surface area contributed by atoms with E-state index in [1.807, 2.05) is 56.3 Å². The van der Waals surface area contributed by atoms with Crippen molar-refractivity contribution in [1.29, 1.82) is 0 Å². The van der Waals surface area contributed by atoms with E-state index < -0.39 is 36.9 Å². The van der Waals surface area contributed by atoms with Crippen LogP contribution < -0.4 is 19.5 Å². The highest BCUT2D eigenvalue weighted by Crippen LogP contribution is 2.39. The van der Waals surface area contributed by atoms with Crippen LogP contribution in [0, 0.1) is 0 Å². The van der Waals surface area contributed by atoms with E-state index in [1.165, 1.54) is 6.92 Å². The van der Waals surface area contributed by atoms with Crippen molar-refractivity contribution < 1.29 is 38.3 Å². The molecule has 3 aliphatic heterocycles. The van der Waals surface area contributed by atoms with E-state index in [0.29, 0.717) is 5.75 Å². The lowest BCUT2D eigenvalue weighted by molar-refractivity contribution is -0.333. The van der Waals surface area contributed by atoms with Crippen molar-refractivity contribution in [3.8, 4) is 17.2 Å². The summed E-state index contributed by atoms with van der Waals surface area (Å²) < 4.78 is 35.5. The lowest BCUT2D eigenvalue weighted by Crippen LogP contribution is -2.67. The molecule has 35 heavy (non-hydrogen) atoms. The average Bonchev–Trinajstić information content (AvgIpc) is 3.14. The Morgan fingerprint density at radius 1 is 1.11 bits per heavy atom. The van der Waals surface area contributed by atoms with Crippen molar-refractivity contribution in [2.75, 3.05) is 13.7 Å². The summed E-state index contributed by atoms with van der Waals surface area (Å²) in [5, 5.41) is 14.0. The molecule has 6 atom stereocenters. The van der Waals surface area contributed by atoms with Crippen molar-refractivity contribution >= 4 is 5.91 Å². The molecule has 2 aromatic rings. The lowest BCUT2D eigenvalue weighted by Gasteiger charge is -2.47. The number of methoxy groups -OCH3 is 1. The largest absolute Gasteiger partial charge is 0.497 e. The topological polar surface area (TPSA) is 105 Å². The van der Waals surface area contributed by atoms with Crippen LogP contribution in [-0.2, 0) is 25.4 Å². The minimum Gasteiger partial charge on any atom is -0.497 e. The Morgan fingerprint density at radius 3 is 2.57 bits per heavy atom. The van der Waals surface area contributed by atoms with E-state index in [1.54, 1.807) is 7.11 Å². The highest BCUT2D eigenvalue weighted by atomic mass is 16.7. The fourth-order valence-electron chi connectivity index (χ4n) is 4.79. The fraction of sp³-hybridized carbons (Fsp3) is 0.500. The zero-order valence-electron chi connectivity index (χ0n) is 20.2. The second-order valence-electron chi connectivity index (χ2n) is 9.72. The second-order valence-corrected chi connectivity index (χ2v) is 9.72. The zero-order valence-corrected chi connectivity index (χ0v) is 20.2. The third-order valence-corrected chi connectivity index (χ3v) is 6.42. The molecule has 9 heteroatoms. The first-order chi connectivity index (χ1) is 16.7. The molecule has 6 unspecified atom stereocenters. The monoisotopic (exact) mass is 485 g/mol. The average molecular weight is 486 g/mol. The predicted octanol–water partition coefficient (Wildman–Crippen LogP) is 2.49. The number of aliphatic hydroxyl groups is 1. The molecule has 1 amide bonds. The summed E-state index contributed by atoms with van der Waals surface area (Å²) >= 11 is 0. The molecule has 2 saturated heterocycles. The molecule has 0 radical (unpaired) electrons. The van der Waals surface area contributed by atoms with Crippen LogP contribution in [0.2, 0.25) is 0 Å². The van der Waals surface area contributed by atoms with Crippen LogP contribution in [0.25, 0.3) is 0 Å². The first-order valence-corrected chi connectivity index (χ1v) is 11.7. The van der Waals surface area contributed by atoms with Crippen molar-refractivity contribution in [2.45, 2.75) is 69.7 Å². The summed E-state index contributed by atoms with van der Waals surface area (Å²) in [6, 6.07) is 12.1. The fourth-order valence-corrected chi connectivity index (χ4v) is 4.79. The predicted molar refractivity (Wildman–Crippen MR) is 124 cm³/mol. The van der Waals surface area contributed by atoms with Gasteiger partial charge in [0.15, 0.2) is 6.29 Å². The van der Waals surface area contributed by atoms with Gasteiger partial charge < -0.3 is 38.8 Å². The summed E-state index contributed by atoms with van der Waals surface area (Å²) in [6.07, 6.45) is -3.23. The maximum absolute atomic E-state index is 12.0. The zero-order chi connectivity index (χ0) is 24.7. The number of hydrogen-bond acceptors (Lipinski definition) is 8. The minimum atomic E-state index is -1.09. The summed E-state index contributed by atoms with van der Waals surface area (Å²) in [7, 11) is 1.60. The number of fused-ring (bicyclic) bond motifs is 2. The molecule has 0 saturated carbocycles. The Labute approximate surface area is 204 Å². The summed E-state index contributed by atoms with van der Waals surface area (Å²) in [5.74, 6) is 1.67. The standard InChI is InChI=1S/C26H31NO8/c1-14(28)27-21-22(29)23-20(13-31-24(34-23)15-5-8-17(30-4)9-6-15)33-25(21)32-18-10-7-16-12-26(2,3)35-19(16)11-18/h5-11,20-25,29H,12-13H2,1-4H3,(H,27,28). The van der Waals surface area contributed by atoms with Gasteiger partial charge in [-0.2, -0.15) is 0 Å². The first kappa shape index (κ1) is 23.9. The molecule has 5 rings (SSSR count). The molecular weight excluding hydrogens is 454 g/mol. The van der Waals surface area contributed by atoms with Crippen molar-refractivity contribution in [3.05, 3.63) is 53.6 Å². The Bertz CT molecular complexity index is 1070. The van der Waals surface area contributed by atoms with Gasteiger partial charge in [0.05, 0.1) is 13.7 Å². The van der Waals surface area contributed by atoms with Crippen LogP contribution in [0.15, 0.2) is 42.5 Å². The van der Waals surface area contributed by atoms with Crippen LogP contribution in [0.3, 0.4) is 0 Å². The molecule has 188 valence electrons. The Kier molecular flexibility index (Phi) is 6.35. The number of nitrogens with one attached hydrogen (secondary N) is 1. The number of hydrogen-bond donors (Lipinski definition) is 2. The number of benzene rings is 2. The van der Waals surface area contributed by atoms with E-state index in [9.17, 15) is 9.90 Å². The molecule has 3 heterocycles. The highest BCUT2D eigenvalue weighted by Gasteiger charge is 2.50. The van der Waals surface area contributed by atoms with Crippen LogP contribution in [0.4, 0.5) is 0 Å². The molecule has 2 fully saturated rings. The molecular formula is C26H31NO8. The van der Waals surface area contributed by atoms with Gasteiger partial charge in [-0.3, -0.25) is 4.79 Å². The van der Waals surface area contributed by atoms with Gasteiger partial charge in [0.2, 0.25) is 12.2 Å². The molecule has 3 aliphatic rings. The normalized spacial score (nSPS) is 31.0. The van der Waals surface area contributed by atoms with Gasteiger partial charge in [0.1, 0.15) is 47.2 Å². The highest BCUT2D eigenvalue weighted by molar-refractivity contribution is 5.73. The van der Waals surface area contributed by atoms with Crippen LogP contribution in [0.1, 0.15) is 38.2 Å². The van der Waals surface area contributed by atoms with E-state index in [0.717, 1.165) is 29.0 Å². The van der Waals surface area contributed by atoms with E-state index in [2.05, 4.69) is 5.32 Å². The Morgan fingerprint density at radius 2 is 1.86 bits per heavy atom. The van der Waals surface area contributed by atoms with Crippen molar-refractivity contribution in [1.82, 2.24) is 5.32 Å². The molecule has 2 aromatic carbocycles. The third kappa shape index (κ3) is 4.95. The van der Waals surface area contributed by atoms with Crippen molar-refractivity contribution in [2.24, 2.45) is 0 Å². The number of ether oxygens (including phenoxy) is 6. The molecule has 9 nitrogen and oxygen atoms in total. The van der Waals surface area contributed by atoms with E-state index in [-0.39, 0.29) is 18.1 Å². The second kappa shape index (κ2) is 9.31. The van der Waals surface area contributed by atoms with Gasteiger partial charge in [-0.25, -0.2) is 0 Å². The molecule has 2 N–H and O–H groups in total. The van der Waals surface area contributed by atoms with Gasteiger partial charge in [-0.05, 0) is 37.6 Å². The third-order valence-electron chi connectivity index (χ3n) is 6.42. The summed E-state index contributed by atoms with van der Waals surface area (Å²) in [5.41, 5.74) is 1.61. The molecule has 0 aromatic heterocycles. The maximum Gasteiger partial charge on any atom is 0.223 e. The first-order valence-electron chi connectivity index (χ1n) is 11.7. The number of amides is 1. The van der Waals surface area contributed by atoms with Gasteiger partial charge in [0, 0.05) is 25.0 Å². The van der Waals surface area contributed by atoms with Crippen LogP contribution in [0.5, 0.6) is 17.2 Å². The number of aliphatic hydroxyl groups excluding tert-OH is 1. The lowest BCUT2D eigenvalue weighted by atomic mass is 9.95.